The number of thiazole rings is 1. The first-order chi connectivity index (χ1) is 8.05. The molecular weight excluding hydrogens is 232 g/mol. The third-order valence-corrected chi connectivity index (χ3v) is 3.98. The van der Waals surface area contributed by atoms with E-state index in [1.807, 2.05) is 5.51 Å². The Kier molecular flexibility index (Phi) is 6.09. The van der Waals surface area contributed by atoms with Gasteiger partial charge in [0.1, 0.15) is 0 Å². The monoisotopic (exact) mass is 256 g/mol. The zero-order valence-electron chi connectivity index (χ0n) is 11.1. The smallest absolute Gasteiger partial charge is 0.0797 e. The SMILES string of the molecule is Cc1ncsc1CCNCC(C)(C)CCCO. The fraction of sp³-hybridized carbons (Fsp3) is 0.769. The third kappa shape index (κ3) is 5.61. The summed E-state index contributed by atoms with van der Waals surface area (Å²) in [6.07, 6.45) is 3.02. The van der Waals surface area contributed by atoms with Crippen molar-refractivity contribution in [2.45, 2.75) is 40.0 Å². The molecule has 0 aromatic carbocycles. The highest BCUT2D eigenvalue weighted by Gasteiger charge is 2.16. The molecule has 0 bridgehead atoms. The van der Waals surface area contributed by atoms with Gasteiger partial charge < -0.3 is 10.4 Å². The van der Waals surface area contributed by atoms with Gasteiger partial charge in [-0.25, -0.2) is 4.98 Å². The summed E-state index contributed by atoms with van der Waals surface area (Å²) in [6.45, 7) is 8.86. The van der Waals surface area contributed by atoms with Gasteiger partial charge in [-0.05, 0) is 31.6 Å². The molecule has 1 heterocycles. The van der Waals surface area contributed by atoms with Crippen molar-refractivity contribution in [3.05, 3.63) is 16.1 Å². The molecule has 1 rings (SSSR count). The topological polar surface area (TPSA) is 45.2 Å². The van der Waals surface area contributed by atoms with Crippen LogP contribution in [-0.2, 0) is 6.42 Å². The van der Waals surface area contributed by atoms with Crippen LogP contribution >= 0.6 is 11.3 Å². The van der Waals surface area contributed by atoms with E-state index in [2.05, 4.69) is 31.1 Å². The Morgan fingerprint density at radius 3 is 2.82 bits per heavy atom. The summed E-state index contributed by atoms with van der Waals surface area (Å²) in [5.41, 5.74) is 3.35. The largest absolute Gasteiger partial charge is 0.396 e. The van der Waals surface area contributed by atoms with Crippen molar-refractivity contribution >= 4 is 11.3 Å². The van der Waals surface area contributed by atoms with Crippen LogP contribution in [0.2, 0.25) is 0 Å². The number of aromatic nitrogens is 1. The fourth-order valence-electron chi connectivity index (χ4n) is 1.84. The number of rotatable bonds is 8. The molecule has 0 amide bonds. The second-order valence-corrected chi connectivity index (χ2v) is 6.22. The summed E-state index contributed by atoms with van der Waals surface area (Å²) in [5, 5.41) is 12.3. The summed E-state index contributed by atoms with van der Waals surface area (Å²) in [5.74, 6) is 0. The van der Waals surface area contributed by atoms with Gasteiger partial charge in [-0.1, -0.05) is 13.8 Å². The molecule has 1 aromatic heterocycles. The summed E-state index contributed by atoms with van der Waals surface area (Å²) >= 11 is 1.74. The summed E-state index contributed by atoms with van der Waals surface area (Å²) < 4.78 is 0. The zero-order chi connectivity index (χ0) is 12.7. The highest BCUT2D eigenvalue weighted by atomic mass is 32.1. The maximum absolute atomic E-state index is 8.83. The first kappa shape index (κ1) is 14.6. The first-order valence-corrected chi connectivity index (χ1v) is 7.14. The first-order valence-electron chi connectivity index (χ1n) is 6.26. The molecule has 2 N–H and O–H groups in total. The molecule has 0 fully saturated rings. The number of nitrogens with zero attached hydrogens (tertiary/aromatic N) is 1. The minimum atomic E-state index is 0.269. The molecule has 0 saturated heterocycles. The van der Waals surface area contributed by atoms with Crippen molar-refractivity contribution in [1.82, 2.24) is 10.3 Å². The van der Waals surface area contributed by atoms with E-state index in [1.54, 1.807) is 11.3 Å². The van der Waals surface area contributed by atoms with Gasteiger partial charge in [-0.2, -0.15) is 0 Å². The van der Waals surface area contributed by atoms with E-state index in [1.165, 1.54) is 4.88 Å². The summed E-state index contributed by atoms with van der Waals surface area (Å²) in [7, 11) is 0. The Balaban J connectivity index is 2.17. The van der Waals surface area contributed by atoms with Gasteiger partial charge in [0, 0.05) is 24.6 Å². The second kappa shape index (κ2) is 7.09. The van der Waals surface area contributed by atoms with Crippen LogP contribution in [0.1, 0.15) is 37.3 Å². The van der Waals surface area contributed by atoms with E-state index in [4.69, 9.17) is 5.11 Å². The van der Waals surface area contributed by atoms with Crippen molar-refractivity contribution in [1.29, 1.82) is 0 Å². The van der Waals surface area contributed by atoms with Crippen LogP contribution in [0.5, 0.6) is 0 Å². The van der Waals surface area contributed by atoms with Crippen molar-refractivity contribution < 1.29 is 5.11 Å². The minimum absolute atomic E-state index is 0.269. The van der Waals surface area contributed by atoms with Gasteiger partial charge in [0.25, 0.3) is 0 Å². The standard InChI is InChI=1S/C13H24N2OS/c1-11-12(17-10-15-11)5-7-14-9-13(2,3)6-4-8-16/h10,14,16H,4-9H2,1-3H3. The molecule has 0 aliphatic rings. The Bertz CT molecular complexity index is 323. The maximum atomic E-state index is 8.83. The van der Waals surface area contributed by atoms with Gasteiger partial charge in [-0.15, -0.1) is 11.3 Å². The van der Waals surface area contributed by atoms with Crippen LogP contribution in [0.3, 0.4) is 0 Å². The van der Waals surface area contributed by atoms with E-state index in [9.17, 15) is 0 Å². The zero-order valence-corrected chi connectivity index (χ0v) is 11.9. The van der Waals surface area contributed by atoms with Crippen molar-refractivity contribution in [2.24, 2.45) is 5.41 Å². The lowest BCUT2D eigenvalue weighted by Crippen LogP contribution is -2.31. The van der Waals surface area contributed by atoms with Crippen molar-refractivity contribution in [3.8, 4) is 0 Å². The third-order valence-electron chi connectivity index (χ3n) is 2.99. The van der Waals surface area contributed by atoms with Gasteiger partial charge in [0.05, 0.1) is 11.2 Å². The molecule has 98 valence electrons. The van der Waals surface area contributed by atoms with E-state index >= 15 is 0 Å². The molecule has 3 nitrogen and oxygen atoms in total. The number of aliphatic hydroxyl groups excluding tert-OH is 1. The normalized spacial score (nSPS) is 12.0. The van der Waals surface area contributed by atoms with Crippen LogP contribution in [0.25, 0.3) is 0 Å². The minimum Gasteiger partial charge on any atom is -0.396 e. The number of hydrogen-bond donors (Lipinski definition) is 2. The average molecular weight is 256 g/mol. The number of aliphatic hydroxyl groups is 1. The Morgan fingerprint density at radius 1 is 1.47 bits per heavy atom. The Morgan fingerprint density at radius 2 is 2.24 bits per heavy atom. The van der Waals surface area contributed by atoms with E-state index < -0.39 is 0 Å². The van der Waals surface area contributed by atoms with Gasteiger partial charge in [0.15, 0.2) is 0 Å². The predicted molar refractivity (Wildman–Crippen MR) is 73.5 cm³/mol. The molecule has 0 atom stereocenters. The van der Waals surface area contributed by atoms with Crippen LogP contribution in [0, 0.1) is 12.3 Å². The van der Waals surface area contributed by atoms with Crippen LogP contribution in [0.4, 0.5) is 0 Å². The van der Waals surface area contributed by atoms with Gasteiger partial charge in [0.2, 0.25) is 0 Å². The molecular formula is C13H24N2OS. The maximum Gasteiger partial charge on any atom is 0.0797 e. The predicted octanol–water partition coefficient (Wildman–Crippen LogP) is 2.38. The Labute approximate surface area is 108 Å². The summed E-state index contributed by atoms with van der Waals surface area (Å²) in [6, 6.07) is 0. The number of nitrogens with one attached hydrogen (secondary N) is 1. The molecule has 4 heteroatoms. The molecule has 17 heavy (non-hydrogen) atoms. The van der Waals surface area contributed by atoms with Crippen molar-refractivity contribution in [3.63, 3.8) is 0 Å². The second-order valence-electron chi connectivity index (χ2n) is 5.28. The highest BCUT2D eigenvalue weighted by Crippen LogP contribution is 2.20. The lowest BCUT2D eigenvalue weighted by molar-refractivity contribution is 0.237. The molecule has 0 spiro atoms. The van der Waals surface area contributed by atoms with Crippen molar-refractivity contribution in [2.75, 3.05) is 19.7 Å². The quantitative estimate of drug-likeness (QED) is 0.702. The number of aryl methyl sites for hydroxylation is 1. The van der Waals surface area contributed by atoms with Crippen LogP contribution in [-0.4, -0.2) is 29.8 Å². The molecule has 0 saturated carbocycles. The fourth-order valence-corrected chi connectivity index (χ4v) is 2.62. The average Bonchev–Trinajstić information content (AvgIpc) is 2.68. The van der Waals surface area contributed by atoms with Crippen LogP contribution < -0.4 is 5.32 Å². The van der Waals surface area contributed by atoms with Gasteiger partial charge in [-0.3, -0.25) is 0 Å². The van der Waals surface area contributed by atoms with E-state index in [0.29, 0.717) is 6.61 Å². The molecule has 0 aliphatic carbocycles. The van der Waals surface area contributed by atoms with E-state index in [-0.39, 0.29) is 5.41 Å². The van der Waals surface area contributed by atoms with Crippen LogP contribution in [0.15, 0.2) is 5.51 Å². The number of hydrogen-bond acceptors (Lipinski definition) is 4. The molecule has 0 aliphatic heterocycles. The molecule has 0 radical (unpaired) electrons. The lowest BCUT2D eigenvalue weighted by atomic mass is 9.88. The Hall–Kier alpha value is -0.450. The molecule has 0 unspecified atom stereocenters. The lowest BCUT2D eigenvalue weighted by Gasteiger charge is -2.24. The highest BCUT2D eigenvalue weighted by molar-refractivity contribution is 7.09. The van der Waals surface area contributed by atoms with Gasteiger partial charge >= 0.3 is 0 Å². The van der Waals surface area contributed by atoms with E-state index in [0.717, 1.165) is 38.0 Å². The summed E-state index contributed by atoms with van der Waals surface area (Å²) in [4.78, 5) is 5.63. The molecule has 1 aromatic rings.